The molecule has 1 N–H and O–H groups in total. The van der Waals surface area contributed by atoms with Gasteiger partial charge in [0.2, 0.25) is 0 Å². The highest BCUT2D eigenvalue weighted by Gasteiger charge is 2.22. The number of aryl methyl sites for hydroxylation is 1. The normalized spacial score (nSPS) is 13.8. The molecule has 150 valence electrons. The standard InChI is InChI=1S/C22H24N4O2S/c1-15-6-5-7-19(16(15)2)26-11-8-23-22(26)29-14-20(27)17-12-18(24-13-17)21(28)25-9-3-4-10-25/h5-8,11-13,24H,3-4,9-10,14H2,1-2H3. The van der Waals surface area contributed by atoms with E-state index in [0.29, 0.717) is 11.3 Å². The van der Waals surface area contributed by atoms with Crippen molar-refractivity contribution in [2.24, 2.45) is 0 Å². The number of thioether (sulfide) groups is 1. The Labute approximate surface area is 174 Å². The van der Waals surface area contributed by atoms with Crippen LogP contribution in [0.4, 0.5) is 0 Å². The van der Waals surface area contributed by atoms with E-state index in [-0.39, 0.29) is 17.4 Å². The molecular weight excluding hydrogens is 384 g/mol. The molecule has 1 fully saturated rings. The minimum atomic E-state index is -0.0281. The second-order valence-corrected chi connectivity index (χ2v) is 8.25. The van der Waals surface area contributed by atoms with Gasteiger partial charge >= 0.3 is 0 Å². The number of nitrogens with zero attached hydrogens (tertiary/aromatic N) is 3. The molecule has 0 atom stereocenters. The smallest absolute Gasteiger partial charge is 0.270 e. The molecule has 1 amide bonds. The predicted octanol–water partition coefficient (Wildman–Crippen LogP) is 4.03. The Bertz CT molecular complexity index is 1050. The van der Waals surface area contributed by atoms with Gasteiger partial charge in [-0.15, -0.1) is 0 Å². The van der Waals surface area contributed by atoms with Crippen LogP contribution in [0.3, 0.4) is 0 Å². The van der Waals surface area contributed by atoms with Crippen LogP contribution in [-0.4, -0.2) is 50.0 Å². The second-order valence-electron chi connectivity index (χ2n) is 7.31. The van der Waals surface area contributed by atoms with Crippen molar-refractivity contribution >= 4 is 23.5 Å². The van der Waals surface area contributed by atoms with E-state index in [1.165, 1.54) is 22.9 Å². The van der Waals surface area contributed by atoms with E-state index in [1.54, 1.807) is 18.5 Å². The number of carbonyl (C=O) groups excluding carboxylic acids is 2. The van der Waals surface area contributed by atoms with Crippen molar-refractivity contribution < 1.29 is 9.59 Å². The summed E-state index contributed by atoms with van der Waals surface area (Å²) in [5.41, 5.74) is 4.49. The van der Waals surface area contributed by atoms with Gasteiger partial charge in [-0.3, -0.25) is 14.2 Å². The molecule has 6 nitrogen and oxygen atoms in total. The van der Waals surface area contributed by atoms with Gasteiger partial charge in [-0.2, -0.15) is 0 Å². The number of aromatic nitrogens is 3. The summed E-state index contributed by atoms with van der Waals surface area (Å²) in [5.74, 6) is 0.207. The Morgan fingerprint density at radius 1 is 1.21 bits per heavy atom. The van der Waals surface area contributed by atoms with Gasteiger partial charge in [-0.25, -0.2) is 4.98 Å². The molecule has 0 bridgehead atoms. The highest BCUT2D eigenvalue weighted by molar-refractivity contribution is 7.99. The lowest BCUT2D eigenvalue weighted by Crippen LogP contribution is -2.27. The summed E-state index contributed by atoms with van der Waals surface area (Å²) in [6.07, 6.45) is 7.38. The van der Waals surface area contributed by atoms with Gasteiger partial charge in [-0.1, -0.05) is 23.9 Å². The van der Waals surface area contributed by atoms with Gasteiger partial charge in [0.05, 0.1) is 11.4 Å². The van der Waals surface area contributed by atoms with Crippen LogP contribution in [0, 0.1) is 13.8 Å². The molecule has 3 heterocycles. The van der Waals surface area contributed by atoms with Crippen LogP contribution in [0.15, 0.2) is 48.0 Å². The Hall–Kier alpha value is -2.80. The quantitative estimate of drug-likeness (QED) is 0.494. The highest BCUT2D eigenvalue weighted by atomic mass is 32.2. The van der Waals surface area contributed by atoms with Crippen LogP contribution in [0.1, 0.15) is 44.8 Å². The molecule has 29 heavy (non-hydrogen) atoms. The van der Waals surface area contributed by atoms with E-state index < -0.39 is 0 Å². The van der Waals surface area contributed by atoms with Crippen molar-refractivity contribution in [3.63, 3.8) is 0 Å². The third-order valence-corrected chi connectivity index (χ3v) is 6.37. The summed E-state index contributed by atoms with van der Waals surface area (Å²) in [4.78, 5) is 34.3. The van der Waals surface area contributed by atoms with Gasteiger partial charge in [0.15, 0.2) is 10.9 Å². The molecule has 4 rings (SSSR count). The zero-order valence-corrected chi connectivity index (χ0v) is 17.5. The SMILES string of the molecule is Cc1cccc(-n2ccnc2SCC(=O)c2c[nH]c(C(=O)N3CCCC3)c2)c1C. The maximum atomic E-state index is 12.7. The fourth-order valence-corrected chi connectivity index (χ4v) is 4.42. The lowest BCUT2D eigenvalue weighted by atomic mass is 10.1. The minimum absolute atomic E-state index is 0.0257. The summed E-state index contributed by atoms with van der Waals surface area (Å²) in [5, 5.41) is 0.774. The Morgan fingerprint density at radius 3 is 2.79 bits per heavy atom. The van der Waals surface area contributed by atoms with Crippen LogP contribution in [0.5, 0.6) is 0 Å². The number of aromatic amines is 1. The molecule has 0 spiro atoms. The maximum Gasteiger partial charge on any atom is 0.270 e. The van der Waals surface area contributed by atoms with Crippen LogP contribution in [0.25, 0.3) is 5.69 Å². The fourth-order valence-electron chi connectivity index (χ4n) is 3.56. The summed E-state index contributed by atoms with van der Waals surface area (Å²) in [6, 6.07) is 7.83. The Kier molecular flexibility index (Phi) is 5.58. The third-order valence-electron chi connectivity index (χ3n) is 5.40. The number of carbonyl (C=O) groups is 2. The van der Waals surface area contributed by atoms with Gasteiger partial charge in [0.1, 0.15) is 5.69 Å². The number of ketones is 1. The summed E-state index contributed by atoms with van der Waals surface area (Å²) < 4.78 is 2.01. The average molecular weight is 409 g/mol. The molecular formula is C22H24N4O2S. The molecule has 1 aromatic carbocycles. The second kappa shape index (κ2) is 8.29. The Morgan fingerprint density at radius 2 is 2.00 bits per heavy atom. The zero-order chi connectivity index (χ0) is 20.4. The first kappa shape index (κ1) is 19.5. The van der Waals surface area contributed by atoms with Crippen molar-refractivity contribution in [1.82, 2.24) is 19.4 Å². The topological polar surface area (TPSA) is 71.0 Å². The molecule has 2 aromatic heterocycles. The van der Waals surface area contributed by atoms with Crippen LogP contribution >= 0.6 is 11.8 Å². The van der Waals surface area contributed by atoms with E-state index in [9.17, 15) is 9.59 Å². The molecule has 1 aliphatic rings. The summed E-state index contributed by atoms with van der Waals surface area (Å²) in [7, 11) is 0. The number of nitrogens with one attached hydrogen (secondary N) is 1. The molecule has 0 radical (unpaired) electrons. The summed E-state index contributed by atoms with van der Waals surface area (Å²) in [6.45, 7) is 5.75. The van der Waals surface area contributed by atoms with Crippen molar-refractivity contribution in [2.45, 2.75) is 31.8 Å². The number of imidazole rings is 1. The van der Waals surface area contributed by atoms with Crippen molar-refractivity contribution in [2.75, 3.05) is 18.8 Å². The van der Waals surface area contributed by atoms with Crippen LogP contribution in [-0.2, 0) is 0 Å². The zero-order valence-electron chi connectivity index (χ0n) is 16.6. The third kappa shape index (κ3) is 4.00. The van der Waals surface area contributed by atoms with E-state index in [2.05, 4.69) is 35.9 Å². The predicted molar refractivity (Wildman–Crippen MR) is 114 cm³/mol. The number of hydrogen-bond acceptors (Lipinski definition) is 4. The fraction of sp³-hybridized carbons (Fsp3) is 0.318. The first-order chi connectivity index (χ1) is 14.0. The van der Waals surface area contributed by atoms with Gasteiger partial charge in [0.25, 0.3) is 5.91 Å². The van der Waals surface area contributed by atoms with E-state index >= 15 is 0 Å². The average Bonchev–Trinajstić information content (AvgIpc) is 3.48. The van der Waals surface area contributed by atoms with Crippen LogP contribution < -0.4 is 0 Å². The first-order valence-corrected chi connectivity index (χ1v) is 10.8. The molecule has 7 heteroatoms. The Balaban J connectivity index is 1.44. The summed E-state index contributed by atoms with van der Waals surface area (Å²) >= 11 is 1.40. The van der Waals surface area contributed by atoms with Crippen molar-refractivity contribution in [1.29, 1.82) is 0 Å². The number of likely N-dealkylation sites (tertiary alicyclic amines) is 1. The molecule has 1 aliphatic heterocycles. The number of amides is 1. The van der Waals surface area contributed by atoms with Gasteiger partial charge in [0, 0.05) is 37.2 Å². The number of benzene rings is 1. The number of Topliss-reactive ketones (excluding diaryl/α,β-unsaturated/α-hetero) is 1. The monoisotopic (exact) mass is 408 g/mol. The molecule has 0 aliphatic carbocycles. The molecule has 1 saturated heterocycles. The maximum absolute atomic E-state index is 12.7. The van der Waals surface area contributed by atoms with Crippen molar-refractivity contribution in [3.8, 4) is 5.69 Å². The number of hydrogen-bond donors (Lipinski definition) is 1. The van der Waals surface area contributed by atoms with Crippen molar-refractivity contribution in [3.05, 3.63) is 65.2 Å². The van der Waals surface area contributed by atoms with E-state index in [0.717, 1.165) is 36.8 Å². The lowest BCUT2D eigenvalue weighted by molar-refractivity contribution is 0.0787. The van der Waals surface area contributed by atoms with E-state index in [1.807, 2.05) is 21.7 Å². The van der Waals surface area contributed by atoms with E-state index in [4.69, 9.17) is 0 Å². The number of H-pyrrole nitrogens is 1. The number of rotatable bonds is 6. The largest absolute Gasteiger partial charge is 0.356 e. The molecule has 3 aromatic rings. The molecule has 0 saturated carbocycles. The van der Waals surface area contributed by atoms with Gasteiger partial charge in [-0.05, 0) is 49.9 Å². The van der Waals surface area contributed by atoms with Gasteiger partial charge < -0.3 is 9.88 Å². The van der Waals surface area contributed by atoms with Crippen LogP contribution in [0.2, 0.25) is 0 Å². The highest BCUT2D eigenvalue weighted by Crippen LogP contribution is 2.25. The molecule has 0 unspecified atom stereocenters. The first-order valence-electron chi connectivity index (χ1n) is 9.78. The lowest BCUT2D eigenvalue weighted by Gasteiger charge is -2.13. The minimum Gasteiger partial charge on any atom is -0.356 e.